The molecule has 25 heavy (non-hydrogen) atoms. The number of hydrogen-bond donors (Lipinski definition) is 2. The molecule has 3 heterocycles. The fraction of sp³-hybridized carbons (Fsp3) is 0.389. The number of aromatic nitrogens is 1. The molecule has 0 spiro atoms. The molecule has 0 saturated carbocycles. The molecule has 1 aliphatic rings. The lowest BCUT2D eigenvalue weighted by Gasteiger charge is -2.16. The van der Waals surface area contributed by atoms with E-state index >= 15 is 0 Å². The zero-order valence-corrected chi connectivity index (χ0v) is 14.8. The summed E-state index contributed by atoms with van der Waals surface area (Å²) in [7, 11) is 0. The number of amides is 2. The lowest BCUT2D eigenvalue weighted by atomic mass is 10.2. The molecule has 1 fully saturated rings. The molecule has 3 rings (SSSR count). The van der Waals surface area contributed by atoms with Crippen molar-refractivity contribution in [3.05, 3.63) is 46.3 Å². The van der Waals surface area contributed by atoms with Crippen LogP contribution in [0.15, 0.2) is 35.8 Å². The van der Waals surface area contributed by atoms with Gasteiger partial charge in [0.15, 0.2) is 0 Å². The van der Waals surface area contributed by atoms with E-state index in [1.165, 1.54) is 24.2 Å². The van der Waals surface area contributed by atoms with E-state index < -0.39 is 0 Å². The molecule has 1 saturated heterocycles. The third-order valence-electron chi connectivity index (χ3n) is 4.11. The number of nitrogens with zero attached hydrogens (tertiary/aromatic N) is 2. The van der Waals surface area contributed by atoms with Crippen molar-refractivity contribution in [3.63, 3.8) is 0 Å². The zero-order chi connectivity index (χ0) is 17.5. The van der Waals surface area contributed by atoms with Gasteiger partial charge in [-0.3, -0.25) is 9.59 Å². The van der Waals surface area contributed by atoms with Crippen molar-refractivity contribution in [2.24, 2.45) is 0 Å². The summed E-state index contributed by atoms with van der Waals surface area (Å²) in [6, 6.07) is 7.60. The van der Waals surface area contributed by atoms with Crippen molar-refractivity contribution in [3.8, 4) is 0 Å². The number of carbonyl (C=O) groups excluding carboxylic acids is 2. The molecule has 2 aromatic heterocycles. The Balaban J connectivity index is 1.36. The van der Waals surface area contributed by atoms with E-state index in [1.807, 2.05) is 29.8 Å². The van der Waals surface area contributed by atoms with Crippen LogP contribution in [0.25, 0.3) is 0 Å². The van der Waals surface area contributed by atoms with Gasteiger partial charge in [0.2, 0.25) is 5.91 Å². The van der Waals surface area contributed by atoms with Gasteiger partial charge in [-0.05, 0) is 35.9 Å². The van der Waals surface area contributed by atoms with Crippen molar-refractivity contribution < 1.29 is 9.59 Å². The Kier molecular flexibility index (Phi) is 6.00. The van der Waals surface area contributed by atoms with Crippen LogP contribution < -0.4 is 15.5 Å². The summed E-state index contributed by atoms with van der Waals surface area (Å²) in [6.07, 6.45) is 4.52. The molecule has 0 radical (unpaired) electrons. The molecule has 2 N–H and O–H groups in total. The summed E-state index contributed by atoms with van der Waals surface area (Å²) in [5.41, 5.74) is 0.971. The lowest BCUT2D eigenvalue weighted by molar-refractivity contribution is -0.121. The maximum absolute atomic E-state index is 11.9. The predicted molar refractivity (Wildman–Crippen MR) is 98.8 cm³/mol. The van der Waals surface area contributed by atoms with E-state index in [-0.39, 0.29) is 18.2 Å². The molecule has 7 heteroatoms. The summed E-state index contributed by atoms with van der Waals surface area (Å²) < 4.78 is 0. The van der Waals surface area contributed by atoms with Gasteiger partial charge in [0, 0.05) is 38.8 Å². The average molecular weight is 358 g/mol. The van der Waals surface area contributed by atoms with Crippen LogP contribution >= 0.6 is 11.3 Å². The predicted octanol–water partition coefficient (Wildman–Crippen LogP) is 2.18. The smallest absolute Gasteiger partial charge is 0.261 e. The standard InChI is InChI=1S/C18H22N4O2S/c23-17(7-8-19-18(24)15-4-3-11-25-15)21-13-14-5-6-16(20-12-14)22-9-1-2-10-22/h3-6,11-12H,1-2,7-10,13H2,(H,19,24)(H,21,23). The Labute approximate surface area is 151 Å². The first kappa shape index (κ1) is 17.4. The van der Waals surface area contributed by atoms with Gasteiger partial charge in [-0.2, -0.15) is 0 Å². The van der Waals surface area contributed by atoms with E-state index in [0.29, 0.717) is 18.0 Å². The first-order chi connectivity index (χ1) is 12.2. The third kappa shape index (κ3) is 5.03. The summed E-state index contributed by atoms with van der Waals surface area (Å²) in [6.45, 7) is 2.92. The fourth-order valence-corrected chi connectivity index (χ4v) is 3.37. The summed E-state index contributed by atoms with van der Waals surface area (Å²) in [5, 5.41) is 7.45. The quantitative estimate of drug-likeness (QED) is 0.796. The maximum Gasteiger partial charge on any atom is 0.261 e. The highest BCUT2D eigenvalue weighted by atomic mass is 32.1. The zero-order valence-electron chi connectivity index (χ0n) is 14.0. The SMILES string of the molecule is O=C(CCNC(=O)c1cccs1)NCc1ccc(N2CCCC2)nc1. The molecular formula is C18H22N4O2S. The van der Waals surface area contributed by atoms with Gasteiger partial charge in [-0.15, -0.1) is 11.3 Å². The van der Waals surface area contributed by atoms with Crippen LogP contribution in [-0.2, 0) is 11.3 Å². The maximum atomic E-state index is 11.9. The monoisotopic (exact) mass is 358 g/mol. The first-order valence-electron chi connectivity index (χ1n) is 8.50. The van der Waals surface area contributed by atoms with Crippen LogP contribution in [0.1, 0.15) is 34.5 Å². The average Bonchev–Trinajstić information content (AvgIpc) is 3.34. The van der Waals surface area contributed by atoms with Gasteiger partial charge >= 0.3 is 0 Å². The minimum absolute atomic E-state index is 0.0879. The summed E-state index contributed by atoms with van der Waals surface area (Å²) in [4.78, 5) is 31.0. The molecule has 2 aromatic rings. The Morgan fingerprint density at radius 1 is 1.16 bits per heavy atom. The molecule has 0 aliphatic carbocycles. The molecule has 0 unspecified atom stereocenters. The molecular weight excluding hydrogens is 336 g/mol. The second-order valence-corrected chi connectivity index (χ2v) is 6.93. The second kappa shape index (κ2) is 8.62. The number of pyridine rings is 1. The van der Waals surface area contributed by atoms with Crippen LogP contribution in [-0.4, -0.2) is 36.4 Å². The van der Waals surface area contributed by atoms with E-state index in [2.05, 4.69) is 20.5 Å². The number of carbonyl (C=O) groups is 2. The van der Waals surface area contributed by atoms with Crippen molar-refractivity contribution in [1.29, 1.82) is 0 Å². The lowest BCUT2D eigenvalue weighted by Crippen LogP contribution is -2.30. The molecule has 0 aromatic carbocycles. The van der Waals surface area contributed by atoms with Crippen LogP contribution in [0.3, 0.4) is 0 Å². The van der Waals surface area contributed by atoms with Gasteiger partial charge in [-0.25, -0.2) is 4.98 Å². The number of hydrogen-bond acceptors (Lipinski definition) is 5. The molecule has 1 aliphatic heterocycles. The van der Waals surface area contributed by atoms with E-state index in [4.69, 9.17) is 0 Å². The largest absolute Gasteiger partial charge is 0.357 e. The summed E-state index contributed by atoms with van der Waals surface area (Å²) in [5.74, 6) is 0.781. The van der Waals surface area contributed by atoms with Gasteiger partial charge in [0.05, 0.1) is 4.88 Å². The number of thiophene rings is 1. The highest BCUT2D eigenvalue weighted by molar-refractivity contribution is 7.12. The topological polar surface area (TPSA) is 74.3 Å². The van der Waals surface area contributed by atoms with Crippen LogP contribution in [0, 0.1) is 0 Å². The Bertz CT molecular complexity index is 694. The van der Waals surface area contributed by atoms with Gasteiger partial charge in [0.1, 0.15) is 5.82 Å². The van der Waals surface area contributed by atoms with Crippen LogP contribution in [0.2, 0.25) is 0 Å². The van der Waals surface area contributed by atoms with Gasteiger partial charge < -0.3 is 15.5 Å². The molecule has 0 bridgehead atoms. The van der Waals surface area contributed by atoms with Crippen molar-refractivity contribution >= 4 is 29.0 Å². The van der Waals surface area contributed by atoms with Gasteiger partial charge in [0.25, 0.3) is 5.91 Å². The highest BCUT2D eigenvalue weighted by Crippen LogP contribution is 2.17. The van der Waals surface area contributed by atoms with Crippen LogP contribution in [0.4, 0.5) is 5.82 Å². The minimum atomic E-state index is -0.135. The van der Waals surface area contributed by atoms with Crippen molar-refractivity contribution in [2.75, 3.05) is 24.5 Å². The van der Waals surface area contributed by atoms with Crippen molar-refractivity contribution in [2.45, 2.75) is 25.8 Å². The van der Waals surface area contributed by atoms with E-state index in [9.17, 15) is 9.59 Å². The van der Waals surface area contributed by atoms with Crippen LogP contribution in [0.5, 0.6) is 0 Å². The fourth-order valence-electron chi connectivity index (χ4n) is 2.73. The molecule has 132 valence electrons. The minimum Gasteiger partial charge on any atom is -0.357 e. The number of rotatable bonds is 7. The third-order valence-corrected chi connectivity index (χ3v) is 4.98. The Morgan fingerprint density at radius 2 is 2.00 bits per heavy atom. The molecule has 2 amide bonds. The highest BCUT2D eigenvalue weighted by Gasteiger charge is 2.13. The van der Waals surface area contributed by atoms with E-state index in [1.54, 1.807) is 6.07 Å². The molecule has 6 nitrogen and oxygen atoms in total. The first-order valence-corrected chi connectivity index (χ1v) is 9.38. The number of nitrogens with one attached hydrogen (secondary N) is 2. The second-order valence-electron chi connectivity index (χ2n) is 5.98. The molecule has 0 atom stereocenters. The Morgan fingerprint density at radius 3 is 2.68 bits per heavy atom. The Hall–Kier alpha value is -2.41. The number of anilines is 1. The summed E-state index contributed by atoms with van der Waals surface area (Å²) >= 11 is 1.38. The van der Waals surface area contributed by atoms with Gasteiger partial charge in [-0.1, -0.05) is 12.1 Å². The normalized spacial score (nSPS) is 13.7. The van der Waals surface area contributed by atoms with E-state index in [0.717, 1.165) is 24.5 Å². The van der Waals surface area contributed by atoms with Crippen molar-refractivity contribution in [1.82, 2.24) is 15.6 Å².